The molecule has 0 aliphatic carbocycles. The van der Waals surface area contributed by atoms with Crippen LogP contribution < -0.4 is 5.73 Å². The Kier molecular flexibility index (Phi) is 2.67. The second-order valence-electron chi connectivity index (χ2n) is 2.74. The Morgan fingerprint density at radius 2 is 2.45 bits per heavy atom. The van der Waals surface area contributed by atoms with Crippen molar-refractivity contribution in [1.82, 2.24) is 9.78 Å². The van der Waals surface area contributed by atoms with E-state index in [0.717, 1.165) is 16.6 Å². The van der Waals surface area contributed by atoms with Crippen LogP contribution in [0.1, 0.15) is 12.6 Å². The van der Waals surface area contributed by atoms with Crippen molar-refractivity contribution in [2.24, 2.45) is 12.8 Å². The number of nitrogens with zero attached hydrogens (tertiary/aromatic N) is 2. The lowest BCUT2D eigenvalue weighted by Gasteiger charge is -2.05. The van der Waals surface area contributed by atoms with E-state index in [1.54, 1.807) is 6.20 Å². The highest BCUT2D eigenvalue weighted by Gasteiger charge is 2.06. The van der Waals surface area contributed by atoms with E-state index in [9.17, 15) is 0 Å². The van der Waals surface area contributed by atoms with Crippen LogP contribution in [-0.2, 0) is 13.5 Å². The molecule has 1 atom stereocenters. The average Bonchev–Trinajstić information content (AvgIpc) is 2.18. The zero-order valence-corrected chi connectivity index (χ0v) is 8.30. The number of aromatic nitrogens is 2. The highest BCUT2D eigenvalue weighted by Crippen LogP contribution is 2.15. The standard InChI is InChI=1S/C7H12BrN3/c1-5(9)3-7-6(8)4-10-11(7)2/h4-5H,3,9H2,1-2H3. The van der Waals surface area contributed by atoms with Crippen LogP contribution in [0.25, 0.3) is 0 Å². The Hall–Kier alpha value is -0.350. The maximum atomic E-state index is 5.66. The molecule has 1 rings (SSSR count). The highest BCUT2D eigenvalue weighted by atomic mass is 79.9. The third kappa shape index (κ3) is 2.04. The third-order valence-corrected chi connectivity index (χ3v) is 2.19. The monoisotopic (exact) mass is 217 g/mol. The summed E-state index contributed by atoms with van der Waals surface area (Å²) in [6, 6.07) is 0.182. The molecule has 62 valence electrons. The van der Waals surface area contributed by atoms with Gasteiger partial charge in [0.05, 0.1) is 16.4 Å². The molecule has 0 fully saturated rings. The van der Waals surface area contributed by atoms with Crippen molar-refractivity contribution in [3.05, 3.63) is 16.4 Å². The summed E-state index contributed by atoms with van der Waals surface area (Å²) < 4.78 is 2.88. The van der Waals surface area contributed by atoms with Gasteiger partial charge in [-0.25, -0.2) is 0 Å². The van der Waals surface area contributed by atoms with Gasteiger partial charge in [0, 0.05) is 19.5 Å². The first kappa shape index (κ1) is 8.74. The van der Waals surface area contributed by atoms with E-state index < -0.39 is 0 Å². The van der Waals surface area contributed by atoms with Crippen LogP contribution >= 0.6 is 15.9 Å². The number of halogens is 1. The molecule has 4 heteroatoms. The molecule has 0 amide bonds. The van der Waals surface area contributed by atoms with Crippen molar-refractivity contribution in [3.63, 3.8) is 0 Å². The van der Waals surface area contributed by atoms with E-state index in [-0.39, 0.29) is 6.04 Å². The lowest BCUT2D eigenvalue weighted by atomic mass is 10.2. The molecule has 0 bridgehead atoms. The van der Waals surface area contributed by atoms with Crippen molar-refractivity contribution in [1.29, 1.82) is 0 Å². The molecule has 1 unspecified atom stereocenters. The summed E-state index contributed by atoms with van der Waals surface area (Å²) in [7, 11) is 1.92. The Balaban J connectivity index is 2.83. The van der Waals surface area contributed by atoms with Gasteiger partial charge < -0.3 is 5.73 Å². The summed E-state index contributed by atoms with van der Waals surface area (Å²) in [6.07, 6.45) is 2.65. The quantitative estimate of drug-likeness (QED) is 0.806. The number of hydrogen-bond donors (Lipinski definition) is 1. The van der Waals surface area contributed by atoms with E-state index in [1.807, 2.05) is 18.7 Å². The fourth-order valence-corrected chi connectivity index (χ4v) is 1.48. The largest absolute Gasteiger partial charge is 0.328 e. The summed E-state index contributed by atoms with van der Waals surface area (Å²) in [6.45, 7) is 1.99. The summed E-state index contributed by atoms with van der Waals surface area (Å²) in [5.41, 5.74) is 6.81. The van der Waals surface area contributed by atoms with Crippen LogP contribution in [0.5, 0.6) is 0 Å². The second-order valence-corrected chi connectivity index (χ2v) is 3.60. The molecule has 2 N–H and O–H groups in total. The molecule has 0 saturated carbocycles. The Labute approximate surface area is 74.7 Å². The van der Waals surface area contributed by atoms with Gasteiger partial charge in [-0.1, -0.05) is 0 Å². The molecule has 0 aliphatic heterocycles. The minimum Gasteiger partial charge on any atom is -0.328 e. The minimum atomic E-state index is 0.182. The van der Waals surface area contributed by atoms with Crippen LogP contribution in [0.4, 0.5) is 0 Å². The second kappa shape index (κ2) is 3.36. The predicted octanol–water partition coefficient (Wildman–Crippen LogP) is 1.07. The van der Waals surface area contributed by atoms with Crippen molar-refractivity contribution in [2.45, 2.75) is 19.4 Å². The lowest BCUT2D eigenvalue weighted by molar-refractivity contribution is 0.649. The van der Waals surface area contributed by atoms with Gasteiger partial charge >= 0.3 is 0 Å². The van der Waals surface area contributed by atoms with Crippen molar-refractivity contribution in [2.75, 3.05) is 0 Å². The Morgan fingerprint density at radius 3 is 2.82 bits per heavy atom. The zero-order chi connectivity index (χ0) is 8.43. The van der Waals surface area contributed by atoms with Crippen LogP contribution in [0.15, 0.2) is 10.7 Å². The fourth-order valence-electron chi connectivity index (χ4n) is 0.971. The van der Waals surface area contributed by atoms with Gasteiger partial charge in [0.1, 0.15) is 0 Å². The van der Waals surface area contributed by atoms with Crippen molar-refractivity contribution in [3.8, 4) is 0 Å². The first-order valence-electron chi connectivity index (χ1n) is 3.53. The Morgan fingerprint density at radius 1 is 1.82 bits per heavy atom. The predicted molar refractivity (Wildman–Crippen MR) is 48.3 cm³/mol. The van der Waals surface area contributed by atoms with Crippen LogP contribution in [0.2, 0.25) is 0 Å². The van der Waals surface area contributed by atoms with E-state index in [2.05, 4.69) is 21.0 Å². The smallest absolute Gasteiger partial charge is 0.0635 e. The van der Waals surface area contributed by atoms with Gasteiger partial charge in [-0.3, -0.25) is 4.68 Å². The van der Waals surface area contributed by atoms with Crippen LogP contribution in [0, 0.1) is 0 Å². The minimum absolute atomic E-state index is 0.182. The molecular formula is C7H12BrN3. The maximum Gasteiger partial charge on any atom is 0.0635 e. The van der Waals surface area contributed by atoms with E-state index >= 15 is 0 Å². The first-order valence-corrected chi connectivity index (χ1v) is 4.32. The number of nitrogens with two attached hydrogens (primary N) is 1. The number of rotatable bonds is 2. The zero-order valence-electron chi connectivity index (χ0n) is 6.71. The normalized spacial score (nSPS) is 13.5. The van der Waals surface area contributed by atoms with Gasteiger partial charge in [-0.15, -0.1) is 0 Å². The van der Waals surface area contributed by atoms with Crippen LogP contribution in [-0.4, -0.2) is 15.8 Å². The van der Waals surface area contributed by atoms with Gasteiger partial charge in [0.15, 0.2) is 0 Å². The van der Waals surface area contributed by atoms with Crippen molar-refractivity contribution >= 4 is 15.9 Å². The molecule has 1 heterocycles. The molecule has 0 aromatic carbocycles. The van der Waals surface area contributed by atoms with E-state index in [1.165, 1.54) is 0 Å². The van der Waals surface area contributed by atoms with E-state index in [0.29, 0.717) is 0 Å². The lowest BCUT2D eigenvalue weighted by Crippen LogP contribution is -2.19. The molecule has 0 saturated heterocycles. The van der Waals surface area contributed by atoms with Gasteiger partial charge in [0.25, 0.3) is 0 Å². The molecule has 3 nitrogen and oxygen atoms in total. The topological polar surface area (TPSA) is 43.8 Å². The number of aryl methyl sites for hydroxylation is 1. The highest BCUT2D eigenvalue weighted by molar-refractivity contribution is 9.10. The summed E-state index contributed by atoms with van der Waals surface area (Å²) in [5, 5.41) is 4.08. The Bertz CT molecular complexity index is 222. The summed E-state index contributed by atoms with van der Waals surface area (Å²) in [4.78, 5) is 0. The van der Waals surface area contributed by atoms with Crippen molar-refractivity contribution < 1.29 is 0 Å². The van der Waals surface area contributed by atoms with Gasteiger partial charge in [0.2, 0.25) is 0 Å². The van der Waals surface area contributed by atoms with Gasteiger partial charge in [-0.2, -0.15) is 5.10 Å². The maximum absolute atomic E-state index is 5.66. The molecule has 0 radical (unpaired) electrons. The molecular weight excluding hydrogens is 206 g/mol. The van der Waals surface area contributed by atoms with Gasteiger partial charge in [-0.05, 0) is 22.9 Å². The molecule has 1 aromatic heterocycles. The summed E-state index contributed by atoms with van der Waals surface area (Å²) in [5.74, 6) is 0. The molecule has 0 aliphatic rings. The average molecular weight is 218 g/mol. The first-order chi connectivity index (χ1) is 5.11. The molecule has 0 spiro atoms. The molecule has 1 aromatic rings. The van der Waals surface area contributed by atoms with Crippen LogP contribution in [0.3, 0.4) is 0 Å². The summed E-state index contributed by atoms with van der Waals surface area (Å²) >= 11 is 3.41. The SMILES string of the molecule is CC(N)Cc1c(Br)cnn1C. The molecule has 11 heavy (non-hydrogen) atoms. The fraction of sp³-hybridized carbons (Fsp3) is 0.571. The van der Waals surface area contributed by atoms with E-state index in [4.69, 9.17) is 5.73 Å². The third-order valence-electron chi connectivity index (χ3n) is 1.53. The number of hydrogen-bond acceptors (Lipinski definition) is 2.